The monoisotopic (exact) mass is 419 g/mol. The third-order valence-electron chi connectivity index (χ3n) is 5.00. The molecule has 3 rings (SSSR count). The van der Waals surface area contributed by atoms with Crippen molar-refractivity contribution in [3.63, 3.8) is 0 Å². The number of rotatable bonds is 7. The Morgan fingerprint density at radius 2 is 1.39 bits per heavy atom. The molecule has 0 saturated carbocycles. The van der Waals surface area contributed by atoms with E-state index in [2.05, 4.69) is 38.2 Å². The van der Waals surface area contributed by atoms with Crippen molar-refractivity contribution in [2.24, 2.45) is 0 Å². The van der Waals surface area contributed by atoms with E-state index in [1.807, 2.05) is 30.3 Å². The van der Waals surface area contributed by atoms with Crippen LogP contribution in [0.3, 0.4) is 0 Å². The quantitative estimate of drug-likeness (QED) is 0.532. The molecule has 1 amide bonds. The van der Waals surface area contributed by atoms with Crippen molar-refractivity contribution in [3.8, 4) is 23.0 Å². The van der Waals surface area contributed by atoms with Gasteiger partial charge >= 0.3 is 0 Å². The van der Waals surface area contributed by atoms with Crippen molar-refractivity contribution in [1.29, 1.82) is 0 Å². The van der Waals surface area contributed by atoms with Crippen LogP contribution in [0.25, 0.3) is 0 Å². The minimum Gasteiger partial charge on any atom is -0.497 e. The summed E-state index contributed by atoms with van der Waals surface area (Å²) in [5, 5.41) is 2.92. The zero-order chi connectivity index (χ0) is 22.4. The molecule has 0 fully saturated rings. The highest BCUT2D eigenvalue weighted by molar-refractivity contribution is 5.94. The van der Waals surface area contributed by atoms with Gasteiger partial charge < -0.3 is 19.5 Å². The van der Waals surface area contributed by atoms with E-state index in [0.717, 1.165) is 11.3 Å². The first-order valence-electron chi connectivity index (χ1n) is 10.2. The summed E-state index contributed by atoms with van der Waals surface area (Å²) in [5.41, 5.74) is 2.74. The number of benzene rings is 3. The minimum absolute atomic E-state index is 0.0996. The fourth-order valence-corrected chi connectivity index (χ4v) is 3.13. The van der Waals surface area contributed by atoms with Gasteiger partial charge in [0, 0.05) is 17.7 Å². The number of carbonyl (C=O) groups is 1. The number of ether oxygens (including phenoxy) is 3. The van der Waals surface area contributed by atoms with Crippen LogP contribution in [0, 0.1) is 0 Å². The molecule has 0 spiro atoms. The molecule has 0 bridgehead atoms. The summed E-state index contributed by atoms with van der Waals surface area (Å²) in [6, 6.07) is 20.6. The van der Waals surface area contributed by atoms with Crippen molar-refractivity contribution in [2.45, 2.75) is 32.7 Å². The number of carbonyl (C=O) groups excluding carboxylic acids is 1. The first-order chi connectivity index (χ1) is 14.8. The molecule has 3 aromatic carbocycles. The first-order valence-corrected chi connectivity index (χ1v) is 10.2. The summed E-state index contributed by atoms with van der Waals surface area (Å²) in [7, 11) is 3.20. The van der Waals surface area contributed by atoms with Gasteiger partial charge in [0.25, 0.3) is 5.91 Å². The number of methoxy groups -OCH3 is 2. The fourth-order valence-electron chi connectivity index (χ4n) is 3.13. The van der Waals surface area contributed by atoms with Gasteiger partial charge in [0.2, 0.25) is 0 Å². The Bertz CT molecular complexity index is 1020. The molecule has 0 aromatic heterocycles. The van der Waals surface area contributed by atoms with Crippen molar-refractivity contribution >= 4 is 5.91 Å². The van der Waals surface area contributed by atoms with Gasteiger partial charge in [0.15, 0.2) is 0 Å². The van der Waals surface area contributed by atoms with Gasteiger partial charge in [-0.25, -0.2) is 0 Å². The average Bonchev–Trinajstić information content (AvgIpc) is 2.77. The summed E-state index contributed by atoms with van der Waals surface area (Å²) < 4.78 is 16.5. The molecule has 3 aromatic rings. The van der Waals surface area contributed by atoms with E-state index in [1.165, 1.54) is 5.56 Å². The summed E-state index contributed by atoms with van der Waals surface area (Å²) in [5.74, 6) is 2.67. The smallest absolute Gasteiger partial charge is 0.251 e. The van der Waals surface area contributed by atoms with Crippen LogP contribution in [0.15, 0.2) is 66.7 Å². The lowest BCUT2D eigenvalue weighted by molar-refractivity contribution is 0.0950. The van der Waals surface area contributed by atoms with Gasteiger partial charge in [-0.15, -0.1) is 0 Å². The maximum absolute atomic E-state index is 12.5. The molecule has 0 aliphatic carbocycles. The molecular weight excluding hydrogens is 390 g/mol. The van der Waals surface area contributed by atoms with E-state index >= 15 is 0 Å². The number of nitrogens with one attached hydrogen (secondary N) is 1. The Morgan fingerprint density at radius 3 is 1.94 bits per heavy atom. The lowest BCUT2D eigenvalue weighted by atomic mass is 9.87. The SMILES string of the molecule is COc1ccc(OC)c(CNC(=O)c2ccc(Oc3ccc(C(C)(C)C)cc3)cc2)c1. The lowest BCUT2D eigenvalue weighted by Crippen LogP contribution is -2.23. The second kappa shape index (κ2) is 9.56. The normalized spacial score (nSPS) is 11.0. The zero-order valence-electron chi connectivity index (χ0n) is 18.7. The summed E-state index contributed by atoms with van der Waals surface area (Å²) in [4.78, 5) is 12.5. The van der Waals surface area contributed by atoms with E-state index in [-0.39, 0.29) is 11.3 Å². The van der Waals surface area contributed by atoms with E-state index in [9.17, 15) is 4.79 Å². The van der Waals surface area contributed by atoms with Crippen LogP contribution in [0.1, 0.15) is 42.3 Å². The molecule has 0 unspecified atom stereocenters. The molecule has 162 valence electrons. The lowest BCUT2D eigenvalue weighted by Gasteiger charge is -2.19. The van der Waals surface area contributed by atoms with Crippen LogP contribution in [0.4, 0.5) is 0 Å². The Labute approximate surface area is 184 Å². The van der Waals surface area contributed by atoms with Crippen LogP contribution < -0.4 is 19.5 Å². The zero-order valence-corrected chi connectivity index (χ0v) is 18.7. The molecule has 0 aliphatic rings. The molecule has 31 heavy (non-hydrogen) atoms. The van der Waals surface area contributed by atoms with Crippen LogP contribution >= 0.6 is 0 Å². The van der Waals surface area contributed by atoms with Gasteiger partial charge in [-0.05, 0) is 65.6 Å². The summed E-state index contributed by atoms with van der Waals surface area (Å²) in [6.45, 7) is 6.86. The Kier molecular flexibility index (Phi) is 6.85. The number of hydrogen-bond acceptors (Lipinski definition) is 4. The van der Waals surface area contributed by atoms with Gasteiger partial charge in [0.1, 0.15) is 23.0 Å². The van der Waals surface area contributed by atoms with Gasteiger partial charge in [0.05, 0.1) is 14.2 Å². The van der Waals surface area contributed by atoms with Gasteiger partial charge in [-0.3, -0.25) is 4.79 Å². The van der Waals surface area contributed by atoms with E-state index < -0.39 is 0 Å². The highest BCUT2D eigenvalue weighted by atomic mass is 16.5. The van der Waals surface area contributed by atoms with E-state index in [0.29, 0.717) is 29.4 Å². The molecular formula is C26H29NO4. The fraction of sp³-hybridized carbons (Fsp3) is 0.269. The third kappa shape index (κ3) is 5.79. The second-order valence-corrected chi connectivity index (χ2v) is 8.26. The van der Waals surface area contributed by atoms with Crippen LogP contribution in [-0.4, -0.2) is 20.1 Å². The third-order valence-corrected chi connectivity index (χ3v) is 5.00. The number of amides is 1. The molecule has 0 heterocycles. The van der Waals surface area contributed by atoms with E-state index in [1.54, 1.807) is 38.5 Å². The molecule has 1 N–H and O–H groups in total. The molecule has 0 radical (unpaired) electrons. The predicted octanol–water partition coefficient (Wildman–Crippen LogP) is 5.72. The van der Waals surface area contributed by atoms with Crippen molar-refractivity contribution in [3.05, 3.63) is 83.4 Å². The largest absolute Gasteiger partial charge is 0.497 e. The van der Waals surface area contributed by atoms with Crippen molar-refractivity contribution in [2.75, 3.05) is 14.2 Å². The predicted molar refractivity (Wildman–Crippen MR) is 122 cm³/mol. The second-order valence-electron chi connectivity index (χ2n) is 8.26. The Balaban J connectivity index is 1.61. The van der Waals surface area contributed by atoms with Crippen LogP contribution in [0.2, 0.25) is 0 Å². The average molecular weight is 420 g/mol. The maximum Gasteiger partial charge on any atom is 0.251 e. The van der Waals surface area contributed by atoms with Crippen molar-refractivity contribution < 1.29 is 19.0 Å². The molecule has 0 saturated heterocycles. The summed E-state index contributed by atoms with van der Waals surface area (Å²) >= 11 is 0. The minimum atomic E-state index is -0.175. The van der Waals surface area contributed by atoms with Gasteiger partial charge in [-0.1, -0.05) is 32.9 Å². The summed E-state index contributed by atoms with van der Waals surface area (Å²) in [6.07, 6.45) is 0. The molecule has 5 nitrogen and oxygen atoms in total. The molecule has 0 atom stereocenters. The van der Waals surface area contributed by atoms with E-state index in [4.69, 9.17) is 14.2 Å². The molecule has 5 heteroatoms. The van der Waals surface area contributed by atoms with Crippen molar-refractivity contribution in [1.82, 2.24) is 5.32 Å². The van der Waals surface area contributed by atoms with Crippen LogP contribution in [0.5, 0.6) is 23.0 Å². The van der Waals surface area contributed by atoms with Gasteiger partial charge in [-0.2, -0.15) is 0 Å². The highest BCUT2D eigenvalue weighted by Crippen LogP contribution is 2.27. The Morgan fingerprint density at radius 1 is 0.806 bits per heavy atom. The first kappa shape index (κ1) is 22.2. The maximum atomic E-state index is 12.5. The topological polar surface area (TPSA) is 56.8 Å². The standard InChI is InChI=1S/C26H29NO4/c1-26(2,3)20-8-12-22(13-9-20)31-21-10-6-18(7-11-21)25(28)27-17-19-16-23(29-4)14-15-24(19)30-5/h6-16H,17H2,1-5H3,(H,27,28). The highest BCUT2D eigenvalue weighted by Gasteiger charge is 2.13. The van der Waals surface area contributed by atoms with Crippen LogP contribution in [-0.2, 0) is 12.0 Å². The number of hydrogen-bond donors (Lipinski definition) is 1. The Hall–Kier alpha value is -3.47. The molecule has 0 aliphatic heterocycles.